The monoisotopic (exact) mass is 543 g/mol. The van der Waals surface area contributed by atoms with Gasteiger partial charge in [0, 0.05) is 65.5 Å². The molecule has 5 rings (SSSR count). The molecule has 35 heavy (non-hydrogen) atoms. The Kier molecular flexibility index (Phi) is 7.34. The number of β-amino-alcohol motifs (C(OH)–C–C–N with tert-alkyl or cyclic N) is 1. The van der Waals surface area contributed by atoms with Crippen molar-refractivity contribution in [2.75, 3.05) is 32.7 Å². The summed E-state index contributed by atoms with van der Waals surface area (Å²) >= 11 is 3.58. The summed E-state index contributed by atoms with van der Waals surface area (Å²) in [4.78, 5) is 4.65. The molecule has 1 N–H and O–H groups in total. The van der Waals surface area contributed by atoms with Crippen molar-refractivity contribution in [2.45, 2.75) is 25.8 Å². The van der Waals surface area contributed by atoms with Crippen LogP contribution in [0, 0.1) is 0 Å². The average molecular weight is 544 g/mol. The van der Waals surface area contributed by atoms with Crippen LogP contribution < -0.4 is 4.74 Å². The minimum absolute atomic E-state index is 0.179. The summed E-state index contributed by atoms with van der Waals surface area (Å²) in [6.07, 6.45) is -0.480. The molecule has 0 radical (unpaired) electrons. The average Bonchev–Trinajstić information content (AvgIpc) is 3.14. The zero-order valence-corrected chi connectivity index (χ0v) is 20.9. The molecular weight excluding hydrogens is 516 g/mol. The Morgan fingerprint density at radius 2 is 1.51 bits per heavy atom. The van der Waals surface area contributed by atoms with Crippen LogP contribution >= 0.6 is 15.9 Å². The van der Waals surface area contributed by atoms with Gasteiger partial charge in [0.1, 0.15) is 5.75 Å². The molecular formula is C27H28BrF2N3O2. The van der Waals surface area contributed by atoms with Gasteiger partial charge in [-0.3, -0.25) is 9.80 Å². The van der Waals surface area contributed by atoms with E-state index in [2.05, 4.69) is 65.4 Å². The van der Waals surface area contributed by atoms with Crippen molar-refractivity contribution in [2.24, 2.45) is 0 Å². The Bertz CT molecular complexity index is 1290. The van der Waals surface area contributed by atoms with Crippen molar-refractivity contribution in [3.63, 3.8) is 0 Å². The Morgan fingerprint density at radius 1 is 0.829 bits per heavy atom. The van der Waals surface area contributed by atoms with Gasteiger partial charge in [0.2, 0.25) is 0 Å². The molecule has 8 heteroatoms. The van der Waals surface area contributed by atoms with E-state index in [1.54, 1.807) is 12.1 Å². The summed E-state index contributed by atoms with van der Waals surface area (Å²) in [5.41, 5.74) is 3.33. The second kappa shape index (κ2) is 10.6. The topological polar surface area (TPSA) is 40.9 Å². The van der Waals surface area contributed by atoms with E-state index in [0.29, 0.717) is 13.1 Å². The van der Waals surface area contributed by atoms with Crippen LogP contribution in [-0.4, -0.2) is 64.9 Å². The number of alkyl halides is 2. The Hall–Kier alpha value is -2.52. The van der Waals surface area contributed by atoms with Crippen molar-refractivity contribution in [1.82, 2.24) is 14.4 Å². The van der Waals surface area contributed by atoms with Crippen LogP contribution in [0.15, 0.2) is 71.2 Å². The molecule has 1 atom stereocenters. The maximum atomic E-state index is 12.3. The van der Waals surface area contributed by atoms with Gasteiger partial charge in [-0.05, 0) is 42.0 Å². The summed E-state index contributed by atoms with van der Waals surface area (Å²) in [6, 6.07) is 21.5. The fourth-order valence-corrected chi connectivity index (χ4v) is 5.31. The third kappa shape index (κ3) is 5.67. The number of aliphatic hydroxyl groups excluding tert-OH is 1. The van der Waals surface area contributed by atoms with Crippen molar-refractivity contribution in [3.8, 4) is 5.75 Å². The lowest BCUT2D eigenvalue weighted by Crippen LogP contribution is -2.48. The Morgan fingerprint density at radius 3 is 2.26 bits per heavy atom. The smallest absolute Gasteiger partial charge is 0.387 e. The summed E-state index contributed by atoms with van der Waals surface area (Å²) in [5, 5.41) is 13.4. The van der Waals surface area contributed by atoms with Gasteiger partial charge in [-0.15, -0.1) is 0 Å². The van der Waals surface area contributed by atoms with E-state index in [1.165, 1.54) is 10.8 Å². The van der Waals surface area contributed by atoms with Gasteiger partial charge in [0.05, 0.1) is 12.6 Å². The number of para-hydroxylation sites is 1. The van der Waals surface area contributed by atoms with Gasteiger partial charge in [0.15, 0.2) is 0 Å². The van der Waals surface area contributed by atoms with E-state index in [4.69, 9.17) is 0 Å². The highest BCUT2D eigenvalue weighted by atomic mass is 79.9. The molecule has 2 heterocycles. The standard InChI is InChI=1S/C27H28BrF2N3O2/c28-20-7-10-26-24(15-20)23-3-1-2-4-25(23)33(26)18-21(34)17-32-13-11-31(12-14-32)16-19-5-8-22(9-6-19)35-27(29)30/h1-10,15,21,27,34H,11-14,16-18H2. The highest BCUT2D eigenvalue weighted by Gasteiger charge is 2.21. The van der Waals surface area contributed by atoms with Crippen LogP contribution in [0.3, 0.4) is 0 Å². The molecule has 5 nitrogen and oxygen atoms in total. The molecule has 0 saturated carbocycles. The predicted molar refractivity (Wildman–Crippen MR) is 138 cm³/mol. The minimum atomic E-state index is -2.80. The first-order chi connectivity index (χ1) is 17.0. The number of aliphatic hydroxyl groups is 1. The normalized spacial score (nSPS) is 16.4. The van der Waals surface area contributed by atoms with Crippen LogP contribution in [0.2, 0.25) is 0 Å². The molecule has 0 amide bonds. The van der Waals surface area contributed by atoms with E-state index < -0.39 is 12.7 Å². The molecule has 1 aliphatic rings. The quantitative estimate of drug-likeness (QED) is 0.326. The molecule has 3 aromatic carbocycles. The fraction of sp³-hybridized carbons (Fsp3) is 0.333. The molecule has 1 fully saturated rings. The Balaban J connectivity index is 1.17. The van der Waals surface area contributed by atoms with E-state index in [1.807, 2.05) is 24.3 Å². The van der Waals surface area contributed by atoms with Gasteiger partial charge in [-0.1, -0.05) is 46.3 Å². The van der Waals surface area contributed by atoms with Crippen molar-refractivity contribution < 1.29 is 18.6 Å². The number of piperazine rings is 1. The fourth-order valence-electron chi connectivity index (χ4n) is 4.95. The number of nitrogens with zero attached hydrogens (tertiary/aromatic N) is 3. The summed E-state index contributed by atoms with van der Waals surface area (Å²) in [7, 11) is 0. The lowest BCUT2D eigenvalue weighted by molar-refractivity contribution is -0.0498. The number of fused-ring (bicyclic) bond motifs is 3. The third-order valence-corrected chi connectivity index (χ3v) is 7.11. The van der Waals surface area contributed by atoms with Crippen molar-refractivity contribution in [1.29, 1.82) is 0 Å². The zero-order chi connectivity index (χ0) is 24.4. The molecule has 1 saturated heterocycles. The van der Waals surface area contributed by atoms with Crippen molar-refractivity contribution >= 4 is 37.7 Å². The number of halogens is 3. The first kappa shape index (κ1) is 24.2. The van der Waals surface area contributed by atoms with Crippen LogP contribution in [0.4, 0.5) is 8.78 Å². The molecule has 1 aliphatic heterocycles. The number of aromatic nitrogens is 1. The van der Waals surface area contributed by atoms with Crippen LogP contribution in [-0.2, 0) is 13.1 Å². The highest BCUT2D eigenvalue weighted by Crippen LogP contribution is 2.31. The van der Waals surface area contributed by atoms with Gasteiger partial charge in [-0.2, -0.15) is 8.78 Å². The predicted octanol–water partition coefficient (Wildman–Crippen LogP) is 5.34. The molecule has 184 valence electrons. The molecule has 0 spiro atoms. The SMILES string of the molecule is OC(CN1CCN(Cc2ccc(OC(F)F)cc2)CC1)Cn1c2ccccc2c2cc(Br)ccc21. The van der Waals surface area contributed by atoms with Crippen LogP contribution in [0.1, 0.15) is 5.56 Å². The number of ether oxygens (including phenoxy) is 1. The number of rotatable bonds is 8. The molecule has 4 aromatic rings. The lowest BCUT2D eigenvalue weighted by Gasteiger charge is -2.35. The maximum Gasteiger partial charge on any atom is 0.387 e. The summed E-state index contributed by atoms with van der Waals surface area (Å²) in [6.45, 7) is 2.67. The van der Waals surface area contributed by atoms with E-state index in [0.717, 1.165) is 53.8 Å². The van der Waals surface area contributed by atoms with Gasteiger partial charge >= 0.3 is 6.61 Å². The largest absolute Gasteiger partial charge is 0.435 e. The first-order valence-corrected chi connectivity index (χ1v) is 12.6. The molecule has 1 unspecified atom stereocenters. The highest BCUT2D eigenvalue weighted by molar-refractivity contribution is 9.10. The number of benzene rings is 3. The lowest BCUT2D eigenvalue weighted by atomic mass is 10.2. The first-order valence-electron chi connectivity index (χ1n) is 11.8. The molecule has 1 aromatic heterocycles. The maximum absolute atomic E-state index is 12.3. The van der Waals surface area contributed by atoms with Crippen molar-refractivity contribution in [3.05, 3.63) is 76.8 Å². The van der Waals surface area contributed by atoms with E-state index >= 15 is 0 Å². The second-order valence-electron chi connectivity index (χ2n) is 9.04. The van der Waals surface area contributed by atoms with Crippen LogP contribution in [0.5, 0.6) is 5.75 Å². The van der Waals surface area contributed by atoms with Gasteiger partial charge in [0.25, 0.3) is 0 Å². The Labute approximate surface area is 211 Å². The summed E-state index contributed by atoms with van der Waals surface area (Å²) < 4.78 is 32.3. The van der Waals surface area contributed by atoms with Gasteiger partial charge < -0.3 is 14.4 Å². The van der Waals surface area contributed by atoms with Crippen LogP contribution in [0.25, 0.3) is 21.8 Å². The van der Waals surface area contributed by atoms with Gasteiger partial charge in [-0.25, -0.2) is 0 Å². The minimum Gasteiger partial charge on any atom is -0.435 e. The third-order valence-electron chi connectivity index (χ3n) is 6.62. The summed E-state index contributed by atoms with van der Waals surface area (Å²) in [5.74, 6) is 0.179. The second-order valence-corrected chi connectivity index (χ2v) is 9.96. The van der Waals surface area contributed by atoms with E-state index in [-0.39, 0.29) is 5.75 Å². The molecule has 0 aliphatic carbocycles. The zero-order valence-electron chi connectivity index (χ0n) is 19.3. The molecule has 0 bridgehead atoms. The van der Waals surface area contributed by atoms with E-state index in [9.17, 15) is 13.9 Å². The number of hydrogen-bond acceptors (Lipinski definition) is 4. The number of hydrogen-bond donors (Lipinski definition) is 1.